The summed E-state index contributed by atoms with van der Waals surface area (Å²) in [4.78, 5) is 0. The van der Waals surface area contributed by atoms with E-state index < -0.39 is 6.10 Å². The molecule has 0 saturated carbocycles. The molecule has 0 aromatic heterocycles. The summed E-state index contributed by atoms with van der Waals surface area (Å²) in [5.74, 6) is -0.250. The van der Waals surface area contributed by atoms with Crippen molar-refractivity contribution in [3.63, 3.8) is 0 Å². The molecule has 1 unspecified atom stereocenters. The highest BCUT2D eigenvalue weighted by Gasteiger charge is 2.12. The van der Waals surface area contributed by atoms with Crippen molar-refractivity contribution in [3.05, 3.63) is 70.5 Å². The lowest BCUT2D eigenvalue weighted by Gasteiger charge is -2.13. The summed E-state index contributed by atoms with van der Waals surface area (Å²) in [6.07, 6.45) is -0.726. The van der Waals surface area contributed by atoms with Crippen LogP contribution >= 0.6 is 0 Å². The number of aryl methyl sites for hydroxylation is 1. The minimum absolute atomic E-state index is 0.250. The number of hydrogen-bond donors (Lipinski definition) is 2. The Morgan fingerprint density at radius 3 is 2.58 bits per heavy atom. The molecule has 2 aromatic rings. The van der Waals surface area contributed by atoms with Gasteiger partial charge in [0, 0.05) is 6.54 Å². The molecule has 0 saturated heterocycles. The summed E-state index contributed by atoms with van der Waals surface area (Å²) in [6.45, 7) is 2.45. The van der Waals surface area contributed by atoms with Gasteiger partial charge in [0.2, 0.25) is 0 Å². The SMILES string of the molecule is CNCc1cccc(C(O)c2ccc(F)c(C)c2)c1. The molecule has 2 aromatic carbocycles. The van der Waals surface area contributed by atoms with Crippen LogP contribution in [0.15, 0.2) is 42.5 Å². The Balaban J connectivity index is 2.29. The van der Waals surface area contributed by atoms with Gasteiger partial charge >= 0.3 is 0 Å². The van der Waals surface area contributed by atoms with Crippen LogP contribution in [0.25, 0.3) is 0 Å². The molecule has 3 heteroatoms. The predicted molar refractivity (Wildman–Crippen MR) is 74.4 cm³/mol. The van der Waals surface area contributed by atoms with E-state index in [2.05, 4.69) is 5.32 Å². The van der Waals surface area contributed by atoms with Crippen molar-refractivity contribution in [3.8, 4) is 0 Å². The normalized spacial score (nSPS) is 12.4. The highest BCUT2D eigenvalue weighted by molar-refractivity contribution is 5.34. The Morgan fingerprint density at radius 1 is 1.16 bits per heavy atom. The minimum atomic E-state index is -0.726. The van der Waals surface area contributed by atoms with E-state index in [1.807, 2.05) is 31.3 Å². The maximum atomic E-state index is 13.2. The van der Waals surface area contributed by atoms with Crippen LogP contribution in [0.3, 0.4) is 0 Å². The molecular formula is C16H18FNO. The molecule has 0 spiro atoms. The van der Waals surface area contributed by atoms with E-state index in [0.29, 0.717) is 11.1 Å². The van der Waals surface area contributed by atoms with Crippen LogP contribution in [0.2, 0.25) is 0 Å². The van der Waals surface area contributed by atoms with E-state index in [-0.39, 0.29) is 5.82 Å². The van der Waals surface area contributed by atoms with E-state index >= 15 is 0 Å². The van der Waals surface area contributed by atoms with Gasteiger partial charge in [0.05, 0.1) is 0 Å². The second kappa shape index (κ2) is 5.95. The maximum Gasteiger partial charge on any atom is 0.126 e. The van der Waals surface area contributed by atoms with Gasteiger partial charge in [0.15, 0.2) is 0 Å². The van der Waals surface area contributed by atoms with Crippen molar-refractivity contribution >= 4 is 0 Å². The van der Waals surface area contributed by atoms with Gasteiger partial charge < -0.3 is 10.4 Å². The van der Waals surface area contributed by atoms with Crippen LogP contribution in [0.1, 0.15) is 28.4 Å². The van der Waals surface area contributed by atoms with E-state index in [1.54, 1.807) is 19.1 Å². The lowest BCUT2D eigenvalue weighted by Crippen LogP contribution is -2.06. The Hall–Kier alpha value is -1.71. The quantitative estimate of drug-likeness (QED) is 0.884. The Labute approximate surface area is 112 Å². The topological polar surface area (TPSA) is 32.3 Å². The van der Waals surface area contributed by atoms with Crippen LogP contribution in [-0.4, -0.2) is 12.2 Å². The first-order valence-electron chi connectivity index (χ1n) is 6.29. The fourth-order valence-corrected chi connectivity index (χ4v) is 2.11. The number of aliphatic hydroxyl groups is 1. The fourth-order valence-electron chi connectivity index (χ4n) is 2.11. The van der Waals surface area contributed by atoms with Gasteiger partial charge in [-0.2, -0.15) is 0 Å². The number of rotatable bonds is 4. The van der Waals surface area contributed by atoms with Crippen molar-refractivity contribution in [1.29, 1.82) is 0 Å². The third-order valence-electron chi connectivity index (χ3n) is 3.15. The fraction of sp³-hybridized carbons (Fsp3) is 0.250. The van der Waals surface area contributed by atoms with Gasteiger partial charge in [-0.25, -0.2) is 4.39 Å². The number of halogens is 1. The third-order valence-corrected chi connectivity index (χ3v) is 3.15. The first-order valence-corrected chi connectivity index (χ1v) is 6.29. The lowest BCUT2D eigenvalue weighted by molar-refractivity contribution is 0.220. The van der Waals surface area contributed by atoms with E-state index in [1.165, 1.54) is 6.07 Å². The zero-order valence-electron chi connectivity index (χ0n) is 11.2. The standard InChI is InChI=1S/C16H18FNO/c1-11-8-14(6-7-15(11)17)16(19)13-5-3-4-12(9-13)10-18-2/h3-9,16,18-19H,10H2,1-2H3. The summed E-state index contributed by atoms with van der Waals surface area (Å²) < 4.78 is 13.2. The van der Waals surface area contributed by atoms with Crippen molar-refractivity contribution in [1.82, 2.24) is 5.32 Å². The molecule has 0 radical (unpaired) electrons. The van der Waals surface area contributed by atoms with Crippen LogP contribution in [0.5, 0.6) is 0 Å². The molecule has 19 heavy (non-hydrogen) atoms. The van der Waals surface area contributed by atoms with Crippen LogP contribution in [-0.2, 0) is 6.54 Å². The minimum Gasteiger partial charge on any atom is -0.384 e. The maximum absolute atomic E-state index is 13.2. The number of hydrogen-bond acceptors (Lipinski definition) is 2. The second-order valence-electron chi connectivity index (χ2n) is 4.69. The average Bonchev–Trinajstić information content (AvgIpc) is 2.42. The van der Waals surface area contributed by atoms with Crippen LogP contribution < -0.4 is 5.32 Å². The van der Waals surface area contributed by atoms with Crippen molar-refractivity contribution < 1.29 is 9.50 Å². The molecular weight excluding hydrogens is 241 g/mol. The van der Waals surface area contributed by atoms with Crippen LogP contribution in [0.4, 0.5) is 4.39 Å². The molecule has 2 nitrogen and oxygen atoms in total. The van der Waals surface area contributed by atoms with Crippen molar-refractivity contribution in [2.24, 2.45) is 0 Å². The molecule has 1 atom stereocenters. The summed E-state index contributed by atoms with van der Waals surface area (Å²) in [5.41, 5.74) is 3.18. The third kappa shape index (κ3) is 3.19. The largest absolute Gasteiger partial charge is 0.384 e. The molecule has 2 rings (SSSR count). The molecule has 2 N–H and O–H groups in total. The van der Waals surface area contributed by atoms with Gasteiger partial charge in [0.1, 0.15) is 11.9 Å². The summed E-state index contributed by atoms with van der Waals surface area (Å²) in [5, 5.41) is 13.4. The smallest absolute Gasteiger partial charge is 0.126 e. The van der Waals surface area contributed by atoms with Gasteiger partial charge in [-0.15, -0.1) is 0 Å². The van der Waals surface area contributed by atoms with Crippen molar-refractivity contribution in [2.45, 2.75) is 19.6 Å². The first-order chi connectivity index (χ1) is 9.11. The summed E-state index contributed by atoms with van der Waals surface area (Å²) >= 11 is 0. The molecule has 0 heterocycles. The van der Waals surface area contributed by atoms with Crippen LogP contribution in [0, 0.1) is 12.7 Å². The molecule has 0 bridgehead atoms. The molecule has 0 aliphatic heterocycles. The number of aliphatic hydroxyl groups excluding tert-OH is 1. The van der Waals surface area contributed by atoms with Gasteiger partial charge in [0.25, 0.3) is 0 Å². The molecule has 0 amide bonds. The van der Waals surface area contributed by atoms with Crippen molar-refractivity contribution in [2.75, 3.05) is 7.05 Å². The summed E-state index contributed by atoms with van der Waals surface area (Å²) in [6, 6.07) is 12.5. The van der Waals surface area contributed by atoms with Gasteiger partial charge in [-0.05, 0) is 42.3 Å². The monoisotopic (exact) mass is 259 g/mol. The summed E-state index contributed by atoms with van der Waals surface area (Å²) in [7, 11) is 1.88. The zero-order valence-corrected chi connectivity index (χ0v) is 11.2. The van der Waals surface area contributed by atoms with E-state index in [4.69, 9.17) is 0 Å². The number of nitrogens with one attached hydrogen (secondary N) is 1. The first kappa shape index (κ1) is 13.7. The lowest BCUT2D eigenvalue weighted by atomic mass is 9.98. The Bertz CT molecular complexity index is 568. The predicted octanol–water partition coefficient (Wildman–Crippen LogP) is 2.94. The molecule has 0 aliphatic rings. The van der Waals surface area contributed by atoms with E-state index in [0.717, 1.165) is 17.7 Å². The highest BCUT2D eigenvalue weighted by Crippen LogP contribution is 2.24. The molecule has 0 aliphatic carbocycles. The zero-order chi connectivity index (χ0) is 13.8. The second-order valence-corrected chi connectivity index (χ2v) is 4.69. The average molecular weight is 259 g/mol. The van der Waals surface area contributed by atoms with Gasteiger partial charge in [-0.1, -0.05) is 36.4 Å². The Kier molecular flexibility index (Phi) is 4.30. The highest BCUT2D eigenvalue weighted by atomic mass is 19.1. The molecule has 100 valence electrons. The number of benzene rings is 2. The van der Waals surface area contributed by atoms with E-state index in [9.17, 15) is 9.50 Å². The van der Waals surface area contributed by atoms with Gasteiger partial charge in [-0.3, -0.25) is 0 Å². The Morgan fingerprint density at radius 2 is 1.89 bits per heavy atom. The molecule has 0 fully saturated rings.